The Morgan fingerprint density at radius 3 is 2.42 bits per heavy atom. The van der Waals surface area contributed by atoms with Gasteiger partial charge in [-0.25, -0.2) is 18.1 Å². The van der Waals surface area contributed by atoms with Crippen LogP contribution in [0.2, 0.25) is 0 Å². The Bertz CT molecular complexity index is 1800. The minimum Gasteiger partial charge on any atom is -0.415 e. The fraction of sp³-hybridized carbons (Fsp3) is 0.346. The molecule has 3 heterocycles. The summed E-state index contributed by atoms with van der Waals surface area (Å²) >= 11 is 0. The molecule has 1 unspecified atom stereocenters. The van der Waals surface area contributed by atoms with Crippen LogP contribution in [0.3, 0.4) is 0 Å². The van der Waals surface area contributed by atoms with E-state index in [2.05, 4.69) is 25.0 Å². The lowest BCUT2D eigenvalue weighted by Gasteiger charge is -2.24. The number of amides is 1. The highest BCUT2D eigenvalue weighted by atomic mass is 32.2. The van der Waals surface area contributed by atoms with E-state index >= 15 is 0 Å². The van der Waals surface area contributed by atoms with Gasteiger partial charge in [-0.3, -0.25) is 4.79 Å². The molecule has 0 radical (unpaired) electrons. The third-order valence-electron chi connectivity index (χ3n) is 7.14. The fourth-order valence-electron chi connectivity index (χ4n) is 4.66. The predicted molar refractivity (Wildman–Crippen MR) is 141 cm³/mol. The van der Waals surface area contributed by atoms with Gasteiger partial charge in [0.05, 0.1) is 35.0 Å². The zero-order valence-electron chi connectivity index (χ0n) is 22.3. The van der Waals surface area contributed by atoms with Crippen molar-refractivity contribution in [1.29, 1.82) is 0 Å². The highest BCUT2D eigenvalue weighted by molar-refractivity contribution is 7.91. The minimum atomic E-state index is -5.53. The van der Waals surface area contributed by atoms with Crippen LogP contribution >= 0.6 is 0 Å². The first-order chi connectivity index (χ1) is 20.3. The van der Waals surface area contributed by atoms with E-state index in [1.54, 1.807) is 30.6 Å². The van der Waals surface area contributed by atoms with Crippen molar-refractivity contribution in [1.82, 2.24) is 25.0 Å². The number of rotatable bonds is 7. The fourth-order valence-corrected chi connectivity index (χ4v) is 6.22. The Morgan fingerprint density at radius 2 is 1.77 bits per heavy atom. The number of anilines is 1. The van der Waals surface area contributed by atoms with Crippen LogP contribution in [0.5, 0.6) is 0 Å². The maximum Gasteiger partial charge on any atom is 0.458 e. The number of methoxy groups -OCH3 is 1. The summed E-state index contributed by atoms with van der Waals surface area (Å²) in [5.41, 5.74) is 7.13. The molecule has 0 spiro atoms. The van der Waals surface area contributed by atoms with Crippen LogP contribution in [0, 0.1) is 0 Å². The summed E-state index contributed by atoms with van der Waals surface area (Å²) in [5, 5.41) is 11.1. The molecule has 2 atom stereocenters. The average Bonchev–Trinajstić information content (AvgIpc) is 3.49. The molecule has 6 rings (SSSR count). The van der Waals surface area contributed by atoms with Crippen LogP contribution in [0.4, 0.5) is 23.2 Å². The third kappa shape index (κ3) is 5.16. The van der Waals surface area contributed by atoms with Crippen molar-refractivity contribution in [3.05, 3.63) is 60.2 Å². The number of sulfone groups is 1. The number of ether oxygens (including phenoxy) is 1. The van der Waals surface area contributed by atoms with Crippen molar-refractivity contribution in [3.8, 4) is 22.8 Å². The number of nitrogens with zero attached hydrogens (tertiary/aromatic N) is 6. The molecule has 1 aliphatic heterocycles. The quantitative estimate of drug-likeness (QED) is 0.303. The van der Waals surface area contributed by atoms with Crippen molar-refractivity contribution in [2.45, 2.75) is 48.4 Å². The average molecular weight is 622 g/mol. The number of fused-ring (bicyclic) bond motifs is 1. The Kier molecular flexibility index (Phi) is 6.85. The summed E-state index contributed by atoms with van der Waals surface area (Å²) in [6, 6.07) is 9.46. The second-order valence-corrected chi connectivity index (χ2v) is 12.2. The maximum atomic E-state index is 14.6. The van der Waals surface area contributed by atoms with Gasteiger partial charge in [-0.15, -0.1) is 10.2 Å². The lowest BCUT2D eigenvalue weighted by atomic mass is 10.1. The second kappa shape index (κ2) is 10.2. The van der Waals surface area contributed by atoms with Crippen LogP contribution in [0.25, 0.3) is 22.8 Å². The van der Waals surface area contributed by atoms with Gasteiger partial charge in [-0.2, -0.15) is 22.7 Å². The molecule has 0 bridgehead atoms. The van der Waals surface area contributed by atoms with Gasteiger partial charge >= 0.3 is 12.0 Å². The zero-order chi connectivity index (χ0) is 30.7. The number of benzene rings is 2. The van der Waals surface area contributed by atoms with Crippen LogP contribution in [0.1, 0.15) is 30.3 Å². The normalized spacial score (nSPS) is 20.0. The standard InChI is InChI=1S/C26H23F4N7O5S/c1-41-25(27,26(28,29)30)24-34-33-22(42-24)16-6-9-20-19(10-16)36(23(38)18(31)12-43(20,39)40)11-14-2-4-15(5-3-14)21-32-13-37(35-21)17-7-8-17/h2-6,9-10,13,17-18H,7-8,11-12,31H2,1H3/t18-,25?/m0/s1. The van der Waals surface area contributed by atoms with Gasteiger partial charge in [0.25, 0.3) is 5.89 Å². The molecule has 12 nitrogen and oxygen atoms in total. The van der Waals surface area contributed by atoms with Gasteiger partial charge in [0, 0.05) is 18.2 Å². The third-order valence-corrected chi connectivity index (χ3v) is 8.96. The number of nitrogens with two attached hydrogens (primary N) is 1. The molecule has 4 aromatic rings. The lowest BCUT2D eigenvalue weighted by Crippen LogP contribution is -2.45. The zero-order valence-corrected chi connectivity index (χ0v) is 23.1. The first-order valence-corrected chi connectivity index (χ1v) is 14.6. The van der Waals surface area contributed by atoms with E-state index in [0.29, 0.717) is 24.5 Å². The summed E-state index contributed by atoms with van der Waals surface area (Å²) in [4.78, 5) is 18.6. The summed E-state index contributed by atoms with van der Waals surface area (Å²) in [6.45, 7) is -0.108. The van der Waals surface area contributed by atoms with Crippen LogP contribution < -0.4 is 10.6 Å². The first kappa shape index (κ1) is 28.9. The van der Waals surface area contributed by atoms with Crippen LogP contribution in [-0.4, -0.2) is 64.4 Å². The molecule has 2 aromatic heterocycles. The first-order valence-electron chi connectivity index (χ1n) is 12.9. The van der Waals surface area contributed by atoms with Gasteiger partial charge in [-0.1, -0.05) is 24.3 Å². The number of alkyl halides is 4. The lowest BCUT2D eigenvalue weighted by molar-refractivity contribution is -0.341. The number of hydrogen-bond donors (Lipinski definition) is 1. The Hall–Kier alpha value is -4.22. The molecule has 1 aliphatic carbocycles. The number of aromatic nitrogens is 5. The number of halogens is 4. The second-order valence-electron chi connectivity index (χ2n) is 10.2. The molecule has 1 amide bonds. The molecule has 1 saturated carbocycles. The molecule has 17 heteroatoms. The highest BCUT2D eigenvalue weighted by Crippen LogP contribution is 2.43. The Morgan fingerprint density at radius 1 is 1.07 bits per heavy atom. The molecule has 1 fully saturated rings. The highest BCUT2D eigenvalue weighted by Gasteiger charge is 2.62. The van der Waals surface area contributed by atoms with E-state index in [1.807, 2.05) is 4.68 Å². The van der Waals surface area contributed by atoms with Crippen LogP contribution in [0.15, 0.2) is 58.1 Å². The molecule has 2 aliphatic rings. The van der Waals surface area contributed by atoms with Crippen molar-refractivity contribution < 1.29 is 39.9 Å². The van der Waals surface area contributed by atoms with Gasteiger partial charge in [0.1, 0.15) is 6.33 Å². The summed E-state index contributed by atoms with van der Waals surface area (Å²) in [5.74, 6) is -7.30. The van der Waals surface area contributed by atoms with Gasteiger partial charge in [0.2, 0.25) is 11.8 Å². The van der Waals surface area contributed by atoms with Crippen molar-refractivity contribution in [3.63, 3.8) is 0 Å². The topological polar surface area (TPSA) is 159 Å². The summed E-state index contributed by atoms with van der Waals surface area (Å²) in [6.07, 6.45) is -1.75. The maximum absolute atomic E-state index is 14.6. The predicted octanol–water partition coefficient (Wildman–Crippen LogP) is 3.31. The van der Waals surface area contributed by atoms with Gasteiger partial charge < -0.3 is 19.8 Å². The largest absolute Gasteiger partial charge is 0.458 e. The smallest absolute Gasteiger partial charge is 0.415 e. The summed E-state index contributed by atoms with van der Waals surface area (Å²) < 4.78 is 91.5. The monoisotopic (exact) mass is 621 g/mol. The molecular weight excluding hydrogens is 598 g/mol. The van der Waals surface area contributed by atoms with Crippen LogP contribution in [-0.2, 0) is 31.8 Å². The number of hydrogen-bond acceptors (Lipinski definition) is 10. The number of carbonyl (C=O) groups excluding carboxylic acids is 1. The minimum absolute atomic E-state index is 0.0747. The van der Waals surface area contributed by atoms with E-state index in [4.69, 9.17) is 10.2 Å². The molecule has 2 N–H and O–H groups in total. The molecule has 0 saturated heterocycles. The van der Waals surface area contributed by atoms with Gasteiger partial charge in [-0.05, 0) is 36.6 Å². The van der Waals surface area contributed by atoms with Crippen molar-refractivity contribution >= 4 is 21.4 Å². The number of carbonyl (C=O) groups is 1. The SMILES string of the molecule is COC(F)(c1nnc(-c2ccc3c(c2)N(Cc2ccc(-c4ncn(C5CC5)n4)cc2)C(=O)[C@@H](N)CS3(=O)=O)o1)C(F)(F)F. The van der Waals surface area contributed by atoms with Gasteiger partial charge in [0.15, 0.2) is 15.7 Å². The van der Waals surface area contributed by atoms with Crippen molar-refractivity contribution in [2.24, 2.45) is 5.73 Å². The Balaban J connectivity index is 1.35. The Labute approximate surface area is 241 Å². The molecular formula is C26H23F4N7O5S. The molecule has 226 valence electrons. The van der Waals surface area contributed by atoms with E-state index in [0.717, 1.165) is 29.4 Å². The van der Waals surface area contributed by atoms with E-state index < -0.39 is 51.4 Å². The van der Waals surface area contributed by atoms with E-state index in [-0.39, 0.29) is 22.7 Å². The molecule has 2 aromatic carbocycles. The summed E-state index contributed by atoms with van der Waals surface area (Å²) in [7, 11) is -3.58. The van der Waals surface area contributed by atoms with E-state index in [9.17, 15) is 30.8 Å². The van der Waals surface area contributed by atoms with E-state index in [1.165, 1.54) is 12.1 Å². The molecule has 43 heavy (non-hydrogen) atoms. The van der Waals surface area contributed by atoms with Crippen molar-refractivity contribution in [2.75, 3.05) is 17.8 Å².